The number of ether oxygens (including phenoxy) is 1. The molecule has 0 amide bonds. The lowest BCUT2D eigenvalue weighted by Gasteiger charge is -2.10. The fourth-order valence-corrected chi connectivity index (χ4v) is 1.21. The van der Waals surface area contributed by atoms with Crippen LogP contribution in [0.2, 0.25) is 0 Å². The molecular weight excluding hydrogens is 273 g/mol. The summed E-state index contributed by atoms with van der Waals surface area (Å²) >= 11 is 0. The van der Waals surface area contributed by atoms with Crippen LogP contribution in [0.4, 0.5) is 18.9 Å². The van der Waals surface area contributed by atoms with Gasteiger partial charge in [0.1, 0.15) is 23.9 Å². The number of nitriles is 3. The summed E-state index contributed by atoms with van der Waals surface area (Å²) in [6.45, 7) is -3.21. The Morgan fingerprint density at radius 3 is 2.30 bits per heavy atom. The van der Waals surface area contributed by atoms with Gasteiger partial charge in [0.15, 0.2) is 17.1 Å². The molecule has 1 aromatic rings. The van der Waals surface area contributed by atoms with Gasteiger partial charge in [-0.05, 0) is 12.1 Å². The molecular formula is C12H5F3N4O. The SMILES string of the molecule is N#CC(C#N)=C(C#N)Nc1cccc(OC(F)F)c1F. The van der Waals surface area contributed by atoms with Crippen LogP contribution in [-0.2, 0) is 0 Å². The first kappa shape index (κ1) is 14.9. The normalized spacial score (nSPS) is 9.05. The van der Waals surface area contributed by atoms with E-state index in [-0.39, 0.29) is 5.69 Å². The van der Waals surface area contributed by atoms with Gasteiger partial charge in [-0.2, -0.15) is 24.6 Å². The standard InChI is InChI=1S/C12H5F3N4O/c13-11-8(2-1-3-10(11)20-12(14)15)19-9(6-18)7(4-16)5-17/h1-3,12,19H. The third-order valence-corrected chi connectivity index (χ3v) is 2.02. The fraction of sp³-hybridized carbons (Fsp3) is 0.0833. The van der Waals surface area contributed by atoms with Crippen molar-refractivity contribution in [3.05, 3.63) is 35.3 Å². The number of hydrogen-bond acceptors (Lipinski definition) is 5. The average molecular weight is 278 g/mol. The average Bonchev–Trinajstić information content (AvgIpc) is 2.42. The number of anilines is 1. The van der Waals surface area contributed by atoms with Crippen LogP contribution < -0.4 is 10.1 Å². The summed E-state index contributed by atoms with van der Waals surface area (Å²) in [4.78, 5) is 0. The smallest absolute Gasteiger partial charge is 0.387 e. The number of allylic oxidation sites excluding steroid dienone is 2. The number of hydrogen-bond donors (Lipinski definition) is 1. The molecule has 0 aliphatic rings. The minimum Gasteiger partial charge on any atom is -0.432 e. The molecule has 1 rings (SSSR count). The first-order chi connectivity index (χ1) is 9.53. The van der Waals surface area contributed by atoms with Gasteiger partial charge in [0.05, 0.1) is 5.69 Å². The van der Waals surface area contributed by atoms with Gasteiger partial charge in [0, 0.05) is 0 Å². The van der Waals surface area contributed by atoms with E-state index in [4.69, 9.17) is 15.8 Å². The summed E-state index contributed by atoms with van der Waals surface area (Å²) in [7, 11) is 0. The molecule has 0 aliphatic heterocycles. The van der Waals surface area contributed by atoms with E-state index >= 15 is 0 Å². The highest BCUT2D eigenvalue weighted by molar-refractivity contribution is 5.60. The van der Waals surface area contributed by atoms with Crippen LogP contribution in [0.1, 0.15) is 0 Å². The fourth-order valence-electron chi connectivity index (χ4n) is 1.21. The van der Waals surface area contributed by atoms with Crippen molar-refractivity contribution >= 4 is 5.69 Å². The van der Waals surface area contributed by atoms with Crippen LogP contribution in [-0.4, -0.2) is 6.61 Å². The van der Waals surface area contributed by atoms with Crippen LogP contribution in [0.25, 0.3) is 0 Å². The Kier molecular flexibility index (Phi) is 4.96. The van der Waals surface area contributed by atoms with E-state index in [9.17, 15) is 13.2 Å². The van der Waals surface area contributed by atoms with E-state index in [2.05, 4.69) is 10.1 Å². The van der Waals surface area contributed by atoms with Crippen molar-refractivity contribution in [1.82, 2.24) is 0 Å². The predicted molar refractivity (Wildman–Crippen MR) is 60.5 cm³/mol. The van der Waals surface area contributed by atoms with Gasteiger partial charge in [-0.15, -0.1) is 0 Å². The quantitative estimate of drug-likeness (QED) is 0.854. The number of nitrogens with zero attached hydrogens (tertiary/aromatic N) is 3. The van der Waals surface area contributed by atoms with Crippen LogP contribution in [0.15, 0.2) is 29.5 Å². The molecule has 0 saturated carbocycles. The van der Waals surface area contributed by atoms with E-state index in [1.807, 2.05) is 0 Å². The summed E-state index contributed by atoms with van der Waals surface area (Å²) < 4.78 is 41.8. The van der Waals surface area contributed by atoms with Crippen molar-refractivity contribution in [3.8, 4) is 24.0 Å². The predicted octanol–water partition coefficient (Wildman–Crippen LogP) is 2.66. The van der Waals surface area contributed by atoms with Gasteiger partial charge < -0.3 is 10.1 Å². The van der Waals surface area contributed by atoms with Crippen molar-refractivity contribution in [2.24, 2.45) is 0 Å². The monoisotopic (exact) mass is 278 g/mol. The van der Waals surface area contributed by atoms with Crippen LogP contribution in [0, 0.1) is 39.8 Å². The number of rotatable bonds is 4. The van der Waals surface area contributed by atoms with Gasteiger partial charge in [-0.25, -0.2) is 4.39 Å². The molecule has 1 aromatic carbocycles. The maximum atomic E-state index is 13.8. The van der Waals surface area contributed by atoms with Gasteiger partial charge in [0.2, 0.25) is 0 Å². The molecule has 20 heavy (non-hydrogen) atoms. The molecule has 0 spiro atoms. The molecule has 0 atom stereocenters. The van der Waals surface area contributed by atoms with Crippen molar-refractivity contribution in [3.63, 3.8) is 0 Å². The second-order valence-electron chi connectivity index (χ2n) is 3.21. The molecule has 0 unspecified atom stereocenters. The maximum absolute atomic E-state index is 13.8. The van der Waals surface area contributed by atoms with Gasteiger partial charge in [0.25, 0.3) is 0 Å². The van der Waals surface area contributed by atoms with Crippen molar-refractivity contribution in [1.29, 1.82) is 15.8 Å². The van der Waals surface area contributed by atoms with Crippen LogP contribution >= 0.6 is 0 Å². The lowest BCUT2D eigenvalue weighted by Crippen LogP contribution is -2.07. The minimum absolute atomic E-state index is 0.372. The number of halogens is 3. The van der Waals surface area contributed by atoms with Crippen LogP contribution in [0.5, 0.6) is 5.75 Å². The molecule has 0 fully saturated rings. The Balaban J connectivity index is 3.18. The summed E-state index contributed by atoms with van der Waals surface area (Å²) in [5, 5.41) is 28.2. The lowest BCUT2D eigenvalue weighted by atomic mass is 10.2. The molecule has 8 heteroatoms. The highest BCUT2D eigenvalue weighted by atomic mass is 19.3. The molecule has 5 nitrogen and oxygen atoms in total. The summed E-state index contributed by atoms with van der Waals surface area (Å²) in [6.07, 6.45) is 0. The van der Waals surface area contributed by atoms with Crippen molar-refractivity contribution in [2.45, 2.75) is 6.61 Å². The lowest BCUT2D eigenvalue weighted by molar-refractivity contribution is -0.0521. The van der Waals surface area contributed by atoms with Gasteiger partial charge in [-0.1, -0.05) is 6.07 Å². The molecule has 1 N–H and O–H groups in total. The Morgan fingerprint density at radius 2 is 1.80 bits per heavy atom. The Bertz CT molecular complexity index is 649. The van der Waals surface area contributed by atoms with E-state index in [0.717, 1.165) is 12.1 Å². The van der Waals surface area contributed by atoms with Gasteiger partial charge >= 0.3 is 6.61 Å². The molecule has 0 saturated heterocycles. The van der Waals surface area contributed by atoms with Crippen molar-refractivity contribution < 1.29 is 17.9 Å². The second-order valence-corrected chi connectivity index (χ2v) is 3.21. The number of nitrogens with one attached hydrogen (secondary N) is 1. The molecule has 0 aromatic heterocycles. The second kappa shape index (κ2) is 6.67. The first-order valence-electron chi connectivity index (χ1n) is 4.98. The van der Waals surface area contributed by atoms with Crippen LogP contribution in [0.3, 0.4) is 0 Å². The summed E-state index contributed by atoms with van der Waals surface area (Å²) in [6, 6.07) is 7.72. The third kappa shape index (κ3) is 3.41. The molecule has 0 heterocycles. The molecule has 0 aliphatic carbocycles. The summed E-state index contributed by atoms with van der Waals surface area (Å²) in [5.41, 5.74) is -1.43. The topological polar surface area (TPSA) is 92.6 Å². The first-order valence-corrected chi connectivity index (χ1v) is 4.98. The number of alkyl halides is 2. The third-order valence-electron chi connectivity index (χ3n) is 2.02. The van der Waals surface area contributed by atoms with E-state index in [1.165, 1.54) is 24.3 Å². The summed E-state index contributed by atoms with van der Waals surface area (Å²) in [5.74, 6) is -1.89. The highest BCUT2D eigenvalue weighted by Crippen LogP contribution is 2.27. The Hall–Kier alpha value is -3.18. The largest absolute Gasteiger partial charge is 0.432 e. The Morgan fingerprint density at radius 1 is 1.15 bits per heavy atom. The van der Waals surface area contributed by atoms with Crippen molar-refractivity contribution in [2.75, 3.05) is 5.32 Å². The van der Waals surface area contributed by atoms with E-state index < -0.39 is 29.4 Å². The maximum Gasteiger partial charge on any atom is 0.387 e. The van der Waals surface area contributed by atoms with E-state index in [1.54, 1.807) is 0 Å². The molecule has 0 radical (unpaired) electrons. The molecule has 100 valence electrons. The van der Waals surface area contributed by atoms with Gasteiger partial charge in [-0.3, -0.25) is 0 Å². The zero-order valence-corrected chi connectivity index (χ0v) is 9.69. The Labute approximate surface area is 111 Å². The zero-order chi connectivity index (χ0) is 15.1. The zero-order valence-electron chi connectivity index (χ0n) is 9.69. The van der Waals surface area contributed by atoms with E-state index in [0.29, 0.717) is 0 Å². The molecule has 0 bridgehead atoms. The highest BCUT2D eigenvalue weighted by Gasteiger charge is 2.15. The number of benzene rings is 1. The minimum atomic E-state index is -3.21.